The molecule has 1 aliphatic carbocycles. The van der Waals surface area contributed by atoms with Gasteiger partial charge in [-0.1, -0.05) is 24.4 Å². The number of aliphatic carboxylic acids is 1. The molecule has 2 rings (SSSR count). The lowest BCUT2D eigenvalue weighted by molar-refractivity contribution is -0.144. The summed E-state index contributed by atoms with van der Waals surface area (Å²) in [6, 6.07) is 0.232. The van der Waals surface area contributed by atoms with Crippen LogP contribution in [0.5, 0.6) is 6.01 Å². The summed E-state index contributed by atoms with van der Waals surface area (Å²) in [5.74, 6) is -0.437. The van der Waals surface area contributed by atoms with Crippen molar-refractivity contribution in [1.29, 1.82) is 0 Å². The summed E-state index contributed by atoms with van der Waals surface area (Å²) in [6.07, 6.45) is 5.16. The van der Waals surface area contributed by atoms with Gasteiger partial charge in [0.25, 0.3) is 0 Å². The van der Waals surface area contributed by atoms with Gasteiger partial charge in [-0.2, -0.15) is 4.98 Å². The van der Waals surface area contributed by atoms with E-state index in [2.05, 4.69) is 15.3 Å². The maximum Gasteiger partial charge on any atom is 0.318 e. The summed E-state index contributed by atoms with van der Waals surface area (Å²) >= 11 is 6.01. The van der Waals surface area contributed by atoms with E-state index in [1.165, 1.54) is 13.3 Å². The van der Waals surface area contributed by atoms with Crippen molar-refractivity contribution in [3.05, 3.63) is 11.2 Å². The topological polar surface area (TPSA) is 84.3 Å². The first-order valence-corrected chi connectivity index (χ1v) is 7.03. The molecule has 1 aliphatic rings. The van der Waals surface area contributed by atoms with Gasteiger partial charge in [-0.25, -0.2) is 4.98 Å². The van der Waals surface area contributed by atoms with Crippen LogP contribution in [0.3, 0.4) is 0 Å². The molecule has 20 heavy (non-hydrogen) atoms. The quantitative estimate of drug-likeness (QED) is 0.869. The van der Waals surface area contributed by atoms with E-state index in [0.29, 0.717) is 17.4 Å². The van der Waals surface area contributed by atoms with Crippen molar-refractivity contribution >= 4 is 23.4 Å². The number of methoxy groups -OCH3 is 1. The van der Waals surface area contributed by atoms with E-state index >= 15 is 0 Å². The molecule has 1 aromatic heterocycles. The number of rotatable bonds is 5. The molecule has 0 radical (unpaired) electrons. The maximum absolute atomic E-state index is 11.2. The van der Waals surface area contributed by atoms with Crippen LogP contribution in [0.1, 0.15) is 25.7 Å². The Balaban J connectivity index is 2.01. The van der Waals surface area contributed by atoms with Crippen LogP contribution in [-0.4, -0.2) is 34.7 Å². The number of halogens is 1. The Morgan fingerprint density at radius 1 is 1.55 bits per heavy atom. The van der Waals surface area contributed by atoms with Gasteiger partial charge < -0.3 is 15.2 Å². The number of carboxylic acid groups (broad SMARTS) is 1. The standard InChI is InChI=1S/C13H18ClN3O3/c1-20-13-16-7-10(14)11(17-13)15-6-8-4-2-3-5-9(8)12(18)19/h7-9H,2-6H2,1H3,(H,18,19)(H,15,16,17). The Hall–Kier alpha value is -1.56. The highest BCUT2D eigenvalue weighted by molar-refractivity contribution is 6.32. The number of hydrogen-bond donors (Lipinski definition) is 2. The number of hydrogen-bond acceptors (Lipinski definition) is 5. The molecule has 0 amide bonds. The Bertz CT molecular complexity index is 484. The predicted molar refractivity (Wildman–Crippen MR) is 75.2 cm³/mol. The van der Waals surface area contributed by atoms with Crippen LogP contribution >= 0.6 is 11.6 Å². The van der Waals surface area contributed by atoms with Crippen molar-refractivity contribution in [1.82, 2.24) is 9.97 Å². The largest absolute Gasteiger partial charge is 0.481 e. The molecule has 110 valence electrons. The van der Waals surface area contributed by atoms with Crippen molar-refractivity contribution in [2.45, 2.75) is 25.7 Å². The number of ether oxygens (including phenoxy) is 1. The normalized spacial score (nSPS) is 22.3. The third-order valence-corrected chi connectivity index (χ3v) is 3.94. The smallest absolute Gasteiger partial charge is 0.318 e. The molecule has 2 unspecified atom stereocenters. The monoisotopic (exact) mass is 299 g/mol. The van der Waals surface area contributed by atoms with Gasteiger partial charge >= 0.3 is 12.0 Å². The Labute approximate surface area is 122 Å². The van der Waals surface area contributed by atoms with Crippen LogP contribution in [0.25, 0.3) is 0 Å². The van der Waals surface area contributed by atoms with E-state index in [9.17, 15) is 9.90 Å². The van der Waals surface area contributed by atoms with Crippen molar-refractivity contribution in [2.24, 2.45) is 11.8 Å². The van der Waals surface area contributed by atoms with Gasteiger partial charge in [0.2, 0.25) is 0 Å². The fourth-order valence-corrected chi connectivity index (χ4v) is 2.74. The van der Waals surface area contributed by atoms with Crippen LogP contribution in [-0.2, 0) is 4.79 Å². The van der Waals surface area contributed by atoms with Gasteiger partial charge in [0.15, 0.2) is 5.82 Å². The van der Waals surface area contributed by atoms with Crippen LogP contribution in [0, 0.1) is 11.8 Å². The first-order chi connectivity index (χ1) is 9.61. The summed E-state index contributed by atoms with van der Waals surface area (Å²) < 4.78 is 4.95. The van der Waals surface area contributed by atoms with Crippen LogP contribution < -0.4 is 10.1 Å². The van der Waals surface area contributed by atoms with Gasteiger partial charge in [0.05, 0.1) is 19.2 Å². The number of carboxylic acids is 1. The lowest BCUT2D eigenvalue weighted by atomic mass is 9.79. The fourth-order valence-electron chi connectivity index (χ4n) is 2.58. The van der Waals surface area contributed by atoms with Gasteiger partial charge in [-0.05, 0) is 18.8 Å². The number of nitrogens with one attached hydrogen (secondary N) is 1. The molecule has 2 atom stereocenters. The molecule has 0 bridgehead atoms. The fraction of sp³-hybridized carbons (Fsp3) is 0.615. The molecule has 0 saturated heterocycles. The minimum Gasteiger partial charge on any atom is -0.481 e. The van der Waals surface area contributed by atoms with Gasteiger partial charge in [-0.15, -0.1) is 0 Å². The summed E-state index contributed by atoms with van der Waals surface area (Å²) in [5.41, 5.74) is 0. The molecule has 0 aromatic carbocycles. The molecule has 7 heteroatoms. The molecule has 1 saturated carbocycles. The summed E-state index contributed by atoms with van der Waals surface area (Å²) in [5, 5.41) is 12.8. The molecule has 1 heterocycles. The number of nitrogens with zero attached hydrogens (tertiary/aromatic N) is 2. The van der Waals surface area contributed by atoms with Crippen molar-refractivity contribution in [2.75, 3.05) is 19.0 Å². The zero-order valence-electron chi connectivity index (χ0n) is 11.3. The van der Waals surface area contributed by atoms with E-state index in [-0.39, 0.29) is 17.8 Å². The SMILES string of the molecule is COc1ncc(Cl)c(NCC2CCCCC2C(=O)O)n1. The van der Waals surface area contributed by atoms with Crippen molar-refractivity contribution < 1.29 is 14.6 Å². The molecular weight excluding hydrogens is 282 g/mol. The molecule has 2 N–H and O–H groups in total. The number of aromatic nitrogens is 2. The third kappa shape index (κ3) is 3.50. The van der Waals surface area contributed by atoms with E-state index in [1.807, 2.05) is 0 Å². The molecule has 6 nitrogen and oxygen atoms in total. The third-order valence-electron chi connectivity index (χ3n) is 3.66. The van der Waals surface area contributed by atoms with E-state index in [1.54, 1.807) is 0 Å². The minimum absolute atomic E-state index is 0.0956. The highest BCUT2D eigenvalue weighted by atomic mass is 35.5. The molecule has 1 aromatic rings. The van der Waals surface area contributed by atoms with Crippen LogP contribution in [0.15, 0.2) is 6.20 Å². The Morgan fingerprint density at radius 3 is 3.00 bits per heavy atom. The van der Waals surface area contributed by atoms with E-state index in [0.717, 1.165) is 25.7 Å². The van der Waals surface area contributed by atoms with E-state index < -0.39 is 5.97 Å². The lowest BCUT2D eigenvalue weighted by Gasteiger charge is -2.28. The lowest BCUT2D eigenvalue weighted by Crippen LogP contribution is -2.32. The zero-order chi connectivity index (χ0) is 14.5. The van der Waals surface area contributed by atoms with Crippen molar-refractivity contribution in [3.63, 3.8) is 0 Å². The second-order valence-electron chi connectivity index (χ2n) is 4.92. The Kier molecular flexibility index (Phi) is 5.00. The average Bonchev–Trinajstić information content (AvgIpc) is 2.46. The summed E-state index contributed by atoms with van der Waals surface area (Å²) in [6.45, 7) is 0.539. The molecule has 0 aliphatic heterocycles. The maximum atomic E-state index is 11.2. The first-order valence-electron chi connectivity index (χ1n) is 6.65. The average molecular weight is 300 g/mol. The first kappa shape index (κ1) is 14.8. The zero-order valence-corrected chi connectivity index (χ0v) is 12.1. The van der Waals surface area contributed by atoms with Gasteiger partial charge in [0, 0.05) is 6.54 Å². The van der Waals surface area contributed by atoms with Crippen LogP contribution in [0.4, 0.5) is 5.82 Å². The van der Waals surface area contributed by atoms with Crippen LogP contribution in [0.2, 0.25) is 5.02 Å². The summed E-state index contributed by atoms with van der Waals surface area (Å²) in [7, 11) is 1.48. The highest BCUT2D eigenvalue weighted by Gasteiger charge is 2.30. The Morgan fingerprint density at radius 2 is 2.30 bits per heavy atom. The number of anilines is 1. The second kappa shape index (κ2) is 6.74. The van der Waals surface area contributed by atoms with E-state index in [4.69, 9.17) is 16.3 Å². The van der Waals surface area contributed by atoms with Gasteiger partial charge in [0.1, 0.15) is 5.02 Å². The predicted octanol–water partition coefficient (Wildman–Crippen LogP) is 2.44. The van der Waals surface area contributed by atoms with Gasteiger partial charge in [-0.3, -0.25) is 4.79 Å². The number of carbonyl (C=O) groups is 1. The highest BCUT2D eigenvalue weighted by Crippen LogP contribution is 2.31. The minimum atomic E-state index is -0.720. The second-order valence-corrected chi connectivity index (χ2v) is 5.33. The molecular formula is C13H18ClN3O3. The molecule has 1 fully saturated rings. The molecule has 0 spiro atoms. The van der Waals surface area contributed by atoms with Crippen molar-refractivity contribution in [3.8, 4) is 6.01 Å². The summed E-state index contributed by atoms with van der Waals surface area (Å²) in [4.78, 5) is 19.3.